The lowest BCUT2D eigenvalue weighted by Crippen LogP contribution is -2.13. The molecule has 0 bridgehead atoms. The van der Waals surface area contributed by atoms with E-state index in [1.54, 1.807) is 12.1 Å². The Hall–Kier alpha value is -2.49. The van der Waals surface area contributed by atoms with E-state index in [1.165, 1.54) is 0 Å². The molecule has 0 saturated heterocycles. The van der Waals surface area contributed by atoms with Gasteiger partial charge >= 0.3 is 0 Å². The van der Waals surface area contributed by atoms with Crippen LogP contribution in [0.3, 0.4) is 0 Å². The monoisotopic (exact) mass is 327 g/mol. The van der Waals surface area contributed by atoms with E-state index in [0.29, 0.717) is 29.5 Å². The van der Waals surface area contributed by atoms with Crippen molar-refractivity contribution >= 4 is 11.6 Å². The molecule has 0 fully saturated rings. The molecule has 0 spiro atoms. The van der Waals surface area contributed by atoms with Crippen molar-refractivity contribution in [1.82, 2.24) is 0 Å². The first-order valence-electron chi connectivity index (χ1n) is 8.25. The van der Waals surface area contributed by atoms with Crippen LogP contribution >= 0.6 is 0 Å². The summed E-state index contributed by atoms with van der Waals surface area (Å²) in [5.41, 5.74) is 1.26. The lowest BCUT2D eigenvalue weighted by Gasteiger charge is -2.12. The number of rotatable bonds is 7. The Morgan fingerprint density at radius 2 is 1.71 bits per heavy atom. The van der Waals surface area contributed by atoms with Crippen LogP contribution in [0.2, 0.25) is 0 Å². The maximum absolute atomic E-state index is 12.4. The van der Waals surface area contributed by atoms with E-state index in [1.807, 2.05) is 50.2 Å². The van der Waals surface area contributed by atoms with Crippen molar-refractivity contribution in [3.63, 3.8) is 0 Å². The fourth-order valence-electron chi connectivity index (χ4n) is 2.11. The van der Waals surface area contributed by atoms with E-state index in [-0.39, 0.29) is 12.0 Å². The van der Waals surface area contributed by atoms with Crippen LogP contribution in [0.4, 0.5) is 5.69 Å². The largest absolute Gasteiger partial charge is 0.493 e. The Balaban J connectivity index is 2.05. The van der Waals surface area contributed by atoms with E-state index in [2.05, 4.69) is 19.2 Å². The average molecular weight is 327 g/mol. The van der Waals surface area contributed by atoms with E-state index in [0.717, 1.165) is 5.75 Å². The molecule has 0 atom stereocenters. The van der Waals surface area contributed by atoms with Crippen LogP contribution in [0.25, 0.3) is 0 Å². The van der Waals surface area contributed by atoms with Gasteiger partial charge in [0.25, 0.3) is 5.91 Å². The number of hydrogen-bond donors (Lipinski definition) is 1. The van der Waals surface area contributed by atoms with Gasteiger partial charge in [-0.1, -0.05) is 26.0 Å². The molecule has 4 nitrogen and oxygen atoms in total. The third-order valence-electron chi connectivity index (χ3n) is 3.14. The number of benzene rings is 2. The zero-order chi connectivity index (χ0) is 17.5. The molecule has 2 aromatic carbocycles. The smallest absolute Gasteiger partial charge is 0.255 e. The van der Waals surface area contributed by atoms with Crippen molar-refractivity contribution in [3.05, 3.63) is 54.1 Å². The van der Waals surface area contributed by atoms with E-state index in [9.17, 15) is 4.79 Å². The predicted molar refractivity (Wildman–Crippen MR) is 96.9 cm³/mol. The summed E-state index contributed by atoms with van der Waals surface area (Å²) in [6, 6.07) is 14.6. The van der Waals surface area contributed by atoms with E-state index >= 15 is 0 Å². The van der Waals surface area contributed by atoms with Crippen molar-refractivity contribution in [2.75, 3.05) is 11.9 Å². The number of nitrogens with one attached hydrogen (secondary N) is 1. The summed E-state index contributed by atoms with van der Waals surface area (Å²) in [4.78, 5) is 12.4. The van der Waals surface area contributed by atoms with Crippen LogP contribution in [0.1, 0.15) is 38.1 Å². The topological polar surface area (TPSA) is 47.6 Å². The maximum atomic E-state index is 12.4. The van der Waals surface area contributed by atoms with Gasteiger partial charge in [-0.2, -0.15) is 0 Å². The summed E-state index contributed by atoms with van der Waals surface area (Å²) >= 11 is 0. The molecular weight excluding hydrogens is 302 g/mol. The first-order chi connectivity index (χ1) is 11.4. The second-order valence-corrected chi connectivity index (χ2v) is 6.38. The maximum Gasteiger partial charge on any atom is 0.255 e. The van der Waals surface area contributed by atoms with Crippen LogP contribution in [0.15, 0.2) is 48.5 Å². The van der Waals surface area contributed by atoms with Crippen LogP contribution in [0.5, 0.6) is 11.5 Å². The summed E-state index contributed by atoms with van der Waals surface area (Å²) in [5.74, 6) is 1.71. The van der Waals surface area contributed by atoms with Gasteiger partial charge in [0.1, 0.15) is 11.5 Å². The molecule has 0 unspecified atom stereocenters. The SMILES string of the molecule is CC(C)COc1cccc(NC(=O)c2cccc(OC(C)C)c2)c1. The second-order valence-electron chi connectivity index (χ2n) is 6.38. The Bertz CT molecular complexity index is 680. The summed E-state index contributed by atoms with van der Waals surface area (Å²) < 4.78 is 11.3. The molecule has 2 rings (SSSR count). The van der Waals surface area contributed by atoms with Crippen molar-refractivity contribution in [1.29, 1.82) is 0 Å². The van der Waals surface area contributed by atoms with Crippen LogP contribution in [-0.4, -0.2) is 18.6 Å². The second kappa shape index (κ2) is 8.39. The molecule has 0 heterocycles. The molecule has 0 aliphatic rings. The fourth-order valence-corrected chi connectivity index (χ4v) is 2.11. The number of hydrogen-bond acceptors (Lipinski definition) is 3. The Kier molecular flexibility index (Phi) is 6.24. The minimum Gasteiger partial charge on any atom is -0.493 e. The molecule has 24 heavy (non-hydrogen) atoms. The molecule has 4 heteroatoms. The molecular formula is C20H25NO3. The third-order valence-corrected chi connectivity index (χ3v) is 3.14. The zero-order valence-corrected chi connectivity index (χ0v) is 14.7. The van der Waals surface area contributed by atoms with E-state index < -0.39 is 0 Å². The first kappa shape index (κ1) is 17.9. The minimum absolute atomic E-state index is 0.0677. The lowest BCUT2D eigenvalue weighted by atomic mass is 10.2. The normalized spacial score (nSPS) is 10.8. The fraction of sp³-hybridized carbons (Fsp3) is 0.350. The summed E-state index contributed by atoms with van der Waals surface area (Å²) in [7, 11) is 0. The molecule has 0 aliphatic carbocycles. The average Bonchev–Trinajstić information content (AvgIpc) is 2.53. The van der Waals surface area contributed by atoms with Crippen molar-refractivity contribution in [2.24, 2.45) is 5.92 Å². The van der Waals surface area contributed by atoms with Crippen molar-refractivity contribution in [3.8, 4) is 11.5 Å². The number of carbonyl (C=O) groups excluding carboxylic acids is 1. The lowest BCUT2D eigenvalue weighted by molar-refractivity contribution is 0.102. The predicted octanol–water partition coefficient (Wildman–Crippen LogP) is 4.76. The van der Waals surface area contributed by atoms with Gasteiger partial charge < -0.3 is 14.8 Å². The number of amides is 1. The van der Waals surface area contributed by atoms with Crippen LogP contribution in [0, 0.1) is 5.92 Å². The Morgan fingerprint density at radius 1 is 1.00 bits per heavy atom. The van der Waals surface area contributed by atoms with Gasteiger partial charge in [-0.25, -0.2) is 0 Å². The van der Waals surface area contributed by atoms with Crippen molar-refractivity contribution in [2.45, 2.75) is 33.8 Å². The van der Waals surface area contributed by atoms with Gasteiger partial charge in [-0.05, 0) is 50.1 Å². The Morgan fingerprint density at radius 3 is 2.42 bits per heavy atom. The number of ether oxygens (including phenoxy) is 2. The van der Waals surface area contributed by atoms with Gasteiger partial charge in [0.15, 0.2) is 0 Å². The molecule has 0 aliphatic heterocycles. The summed E-state index contributed by atoms with van der Waals surface area (Å²) in [6.45, 7) is 8.74. The highest BCUT2D eigenvalue weighted by Crippen LogP contribution is 2.20. The first-order valence-corrected chi connectivity index (χ1v) is 8.25. The van der Waals surface area contributed by atoms with Gasteiger partial charge in [-0.3, -0.25) is 4.79 Å². The van der Waals surface area contributed by atoms with Gasteiger partial charge in [0.05, 0.1) is 12.7 Å². The molecule has 1 amide bonds. The van der Waals surface area contributed by atoms with Crippen LogP contribution in [-0.2, 0) is 0 Å². The molecule has 0 saturated carbocycles. The molecule has 0 radical (unpaired) electrons. The highest BCUT2D eigenvalue weighted by Gasteiger charge is 2.09. The number of anilines is 1. The standard InChI is InChI=1S/C20H25NO3/c1-14(2)13-23-18-9-6-8-17(12-18)21-20(22)16-7-5-10-19(11-16)24-15(3)4/h5-12,14-15H,13H2,1-4H3,(H,21,22). The summed E-state index contributed by atoms with van der Waals surface area (Å²) in [6.07, 6.45) is 0.0677. The van der Waals surface area contributed by atoms with Gasteiger partial charge in [0, 0.05) is 17.3 Å². The quantitative estimate of drug-likeness (QED) is 0.797. The van der Waals surface area contributed by atoms with Gasteiger partial charge in [0.2, 0.25) is 0 Å². The van der Waals surface area contributed by atoms with Crippen LogP contribution < -0.4 is 14.8 Å². The highest BCUT2D eigenvalue weighted by molar-refractivity contribution is 6.04. The van der Waals surface area contributed by atoms with Crippen molar-refractivity contribution < 1.29 is 14.3 Å². The Labute approximate surface area is 143 Å². The highest BCUT2D eigenvalue weighted by atomic mass is 16.5. The van der Waals surface area contributed by atoms with E-state index in [4.69, 9.17) is 9.47 Å². The van der Waals surface area contributed by atoms with Gasteiger partial charge in [-0.15, -0.1) is 0 Å². The number of carbonyl (C=O) groups is 1. The zero-order valence-electron chi connectivity index (χ0n) is 14.7. The molecule has 2 aromatic rings. The minimum atomic E-state index is -0.176. The molecule has 128 valence electrons. The molecule has 1 N–H and O–H groups in total. The molecule has 0 aromatic heterocycles. The summed E-state index contributed by atoms with van der Waals surface area (Å²) in [5, 5.41) is 2.89. The third kappa shape index (κ3) is 5.61.